The molecule has 0 fully saturated rings. The van der Waals surface area contributed by atoms with Crippen molar-refractivity contribution in [1.29, 1.82) is 0 Å². The number of hydrogen-bond acceptors (Lipinski definition) is 3. The summed E-state index contributed by atoms with van der Waals surface area (Å²) in [5.41, 5.74) is 2.74. The Morgan fingerprint density at radius 3 is 2.67 bits per heavy atom. The van der Waals surface area contributed by atoms with E-state index in [9.17, 15) is 9.59 Å². The smallest absolute Gasteiger partial charge is 0.220 e. The first-order chi connectivity index (χ1) is 10.0. The average Bonchev–Trinajstić information content (AvgIpc) is 2.47. The molecule has 21 heavy (non-hydrogen) atoms. The molecule has 0 radical (unpaired) electrons. The van der Waals surface area contributed by atoms with Gasteiger partial charge in [-0.05, 0) is 38.8 Å². The highest BCUT2D eigenvalue weighted by Gasteiger charge is 2.11. The fraction of sp³-hybridized carbons (Fsp3) is 0.529. The molecule has 0 aliphatic carbocycles. The van der Waals surface area contributed by atoms with Crippen molar-refractivity contribution >= 4 is 11.7 Å². The zero-order chi connectivity index (χ0) is 15.7. The van der Waals surface area contributed by atoms with Gasteiger partial charge in [-0.25, -0.2) is 0 Å². The summed E-state index contributed by atoms with van der Waals surface area (Å²) in [5.74, 6) is -0.0502. The molecule has 0 bridgehead atoms. The highest BCUT2D eigenvalue weighted by Crippen LogP contribution is 2.13. The number of aryl methyl sites for hydroxylation is 2. The molecule has 0 heterocycles. The van der Waals surface area contributed by atoms with Gasteiger partial charge < -0.3 is 10.1 Å². The van der Waals surface area contributed by atoms with Crippen LogP contribution in [0.15, 0.2) is 18.2 Å². The van der Waals surface area contributed by atoms with Gasteiger partial charge in [0, 0.05) is 38.2 Å². The largest absolute Gasteiger partial charge is 0.382 e. The lowest BCUT2D eigenvalue weighted by atomic mass is 9.99. The number of rotatable bonds is 9. The van der Waals surface area contributed by atoms with Gasteiger partial charge >= 0.3 is 0 Å². The van der Waals surface area contributed by atoms with Crippen LogP contribution in [0.25, 0.3) is 0 Å². The number of amides is 1. The van der Waals surface area contributed by atoms with Crippen LogP contribution in [-0.2, 0) is 9.53 Å². The minimum absolute atomic E-state index is 0.0284. The third kappa shape index (κ3) is 6.54. The number of ether oxygens (including phenoxy) is 1. The number of ketones is 1. The zero-order valence-corrected chi connectivity index (χ0v) is 13.2. The van der Waals surface area contributed by atoms with Crippen molar-refractivity contribution in [3.8, 4) is 0 Å². The molecule has 0 aromatic heterocycles. The Morgan fingerprint density at radius 1 is 1.19 bits per heavy atom. The van der Waals surface area contributed by atoms with E-state index in [4.69, 9.17) is 4.74 Å². The van der Waals surface area contributed by atoms with Crippen molar-refractivity contribution in [2.75, 3.05) is 19.8 Å². The summed E-state index contributed by atoms with van der Waals surface area (Å²) in [5, 5.41) is 2.80. The van der Waals surface area contributed by atoms with Gasteiger partial charge in [-0.15, -0.1) is 0 Å². The first-order valence-electron chi connectivity index (χ1n) is 7.49. The molecule has 0 unspecified atom stereocenters. The summed E-state index contributed by atoms with van der Waals surface area (Å²) in [7, 11) is 0. The van der Waals surface area contributed by atoms with Gasteiger partial charge in [-0.2, -0.15) is 0 Å². The van der Waals surface area contributed by atoms with Crippen LogP contribution in [-0.4, -0.2) is 31.4 Å². The molecule has 0 atom stereocenters. The standard InChI is InChI=1S/C17H25NO3/c1-4-21-11-5-10-18-17(20)9-8-16(19)15-12-13(2)6-7-14(15)3/h6-7,12H,4-5,8-11H2,1-3H3,(H,18,20). The molecule has 1 rings (SSSR count). The van der Waals surface area contributed by atoms with Crippen molar-refractivity contribution in [1.82, 2.24) is 5.32 Å². The third-order valence-electron chi connectivity index (χ3n) is 3.26. The van der Waals surface area contributed by atoms with Crippen LogP contribution in [0.1, 0.15) is 47.7 Å². The molecule has 0 aliphatic heterocycles. The second kappa shape index (κ2) is 9.29. The molecule has 0 aliphatic rings. The fourth-order valence-corrected chi connectivity index (χ4v) is 2.03. The predicted octanol–water partition coefficient (Wildman–Crippen LogP) is 2.81. The normalized spacial score (nSPS) is 10.4. The summed E-state index contributed by atoms with van der Waals surface area (Å²) in [4.78, 5) is 23.8. The van der Waals surface area contributed by atoms with Crippen LogP contribution >= 0.6 is 0 Å². The number of carbonyl (C=O) groups excluding carboxylic acids is 2. The maximum Gasteiger partial charge on any atom is 0.220 e. The van der Waals surface area contributed by atoms with Gasteiger partial charge in [-0.3, -0.25) is 9.59 Å². The molecule has 116 valence electrons. The lowest BCUT2D eigenvalue weighted by Crippen LogP contribution is -2.25. The van der Waals surface area contributed by atoms with E-state index in [2.05, 4.69) is 5.32 Å². The summed E-state index contributed by atoms with van der Waals surface area (Å²) >= 11 is 0. The Labute approximate surface area is 126 Å². The summed E-state index contributed by atoms with van der Waals surface area (Å²) in [6.45, 7) is 7.76. The first kappa shape index (κ1) is 17.4. The number of carbonyl (C=O) groups is 2. The maximum atomic E-state index is 12.1. The molecule has 0 saturated carbocycles. The second-order valence-corrected chi connectivity index (χ2v) is 5.14. The zero-order valence-electron chi connectivity index (χ0n) is 13.2. The third-order valence-corrected chi connectivity index (χ3v) is 3.26. The van der Waals surface area contributed by atoms with E-state index in [0.29, 0.717) is 19.8 Å². The average molecular weight is 291 g/mol. The van der Waals surface area contributed by atoms with Crippen LogP contribution in [0.5, 0.6) is 0 Å². The molecule has 1 aromatic carbocycles. The van der Waals surface area contributed by atoms with Crippen LogP contribution in [0.2, 0.25) is 0 Å². The molecule has 1 amide bonds. The van der Waals surface area contributed by atoms with E-state index >= 15 is 0 Å². The van der Waals surface area contributed by atoms with Crippen molar-refractivity contribution in [2.45, 2.75) is 40.0 Å². The molecule has 4 heteroatoms. The quantitative estimate of drug-likeness (QED) is 0.562. The Bertz CT molecular complexity index is 483. The monoisotopic (exact) mass is 291 g/mol. The Morgan fingerprint density at radius 2 is 1.95 bits per heavy atom. The van der Waals surface area contributed by atoms with Crippen molar-refractivity contribution in [3.05, 3.63) is 34.9 Å². The Hall–Kier alpha value is -1.68. The van der Waals surface area contributed by atoms with Crippen LogP contribution < -0.4 is 5.32 Å². The molecule has 4 nitrogen and oxygen atoms in total. The molecule has 0 saturated heterocycles. The first-order valence-corrected chi connectivity index (χ1v) is 7.49. The lowest BCUT2D eigenvalue weighted by molar-refractivity contribution is -0.121. The number of Topliss-reactive ketones (excluding diaryl/α,β-unsaturated/α-hetero) is 1. The summed E-state index contributed by atoms with van der Waals surface area (Å²) in [6, 6.07) is 5.81. The lowest BCUT2D eigenvalue weighted by Gasteiger charge is -2.07. The van der Waals surface area contributed by atoms with E-state index in [0.717, 1.165) is 23.1 Å². The summed E-state index contributed by atoms with van der Waals surface area (Å²) < 4.78 is 5.19. The van der Waals surface area contributed by atoms with E-state index in [1.165, 1.54) is 0 Å². The van der Waals surface area contributed by atoms with Crippen LogP contribution in [0.4, 0.5) is 0 Å². The van der Waals surface area contributed by atoms with Gasteiger partial charge in [0.2, 0.25) is 5.91 Å². The Balaban J connectivity index is 2.32. The van der Waals surface area contributed by atoms with E-state index in [1.54, 1.807) is 0 Å². The van der Waals surface area contributed by atoms with E-state index in [1.807, 2.05) is 39.0 Å². The van der Waals surface area contributed by atoms with Gasteiger partial charge in [-0.1, -0.05) is 17.7 Å². The minimum Gasteiger partial charge on any atom is -0.382 e. The SMILES string of the molecule is CCOCCCNC(=O)CCC(=O)c1cc(C)ccc1C. The highest BCUT2D eigenvalue weighted by molar-refractivity contribution is 5.99. The molecular weight excluding hydrogens is 266 g/mol. The van der Waals surface area contributed by atoms with Gasteiger partial charge in [0.1, 0.15) is 0 Å². The number of nitrogens with one attached hydrogen (secondary N) is 1. The van der Waals surface area contributed by atoms with Crippen molar-refractivity contribution in [2.24, 2.45) is 0 Å². The van der Waals surface area contributed by atoms with Crippen molar-refractivity contribution in [3.63, 3.8) is 0 Å². The molecule has 1 aromatic rings. The number of hydrogen-bond donors (Lipinski definition) is 1. The fourth-order valence-electron chi connectivity index (χ4n) is 2.03. The molecule has 0 spiro atoms. The Kier molecular flexibility index (Phi) is 7.69. The highest BCUT2D eigenvalue weighted by atomic mass is 16.5. The second-order valence-electron chi connectivity index (χ2n) is 5.14. The van der Waals surface area contributed by atoms with E-state index < -0.39 is 0 Å². The number of benzene rings is 1. The van der Waals surface area contributed by atoms with E-state index in [-0.39, 0.29) is 24.5 Å². The predicted molar refractivity (Wildman–Crippen MR) is 83.6 cm³/mol. The minimum atomic E-state index is -0.0786. The van der Waals surface area contributed by atoms with Crippen LogP contribution in [0, 0.1) is 13.8 Å². The van der Waals surface area contributed by atoms with Gasteiger partial charge in [0.05, 0.1) is 0 Å². The summed E-state index contributed by atoms with van der Waals surface area (Å²) in [6.07, 6.45) is 1.28. The maximum absolute atomic E-state index is 12.1. The van der Waals surface area contributed by atoms with Gasteiger partial charge in [0.15, 0.2) is 5.78 Å². The molecular formula is C17H25NO3. The topological polar surface area (TPSA) is 55.4 Å². The van der Waals surface area contributed by atoms with Gasteiger partial charge in [0.25, 0.3) is 0 Å². The molecule has 1 N–H and O–H groups in total. The van der Waals surface area contributed by atoms with Crippen molar-refractivity contribution < 1.29 is 14.3 Å². The van der Waals surface area contributed by atoms with Crippen LogP contribution in [0.3, 0.4) is 0 Å².